The summed E-state index contributed by atoms with van der Waals surface area (Å²) in [6.07, 6.45) is 0. The highest BCUT2D eigenvalue weighted by Gasteiger charge is 2.54. The maximum absolute atomic E-state index is 5.70. The van der Waals surface area contributed by atoms with Gasteiger partial charge in [-0.25, -0.2) is 0 Å². The van der Waals surface area contributed by atoms with E-state index in [2.05, 4.69) is 35.2 Å². The second-order valence-corrected chi connectivity index (χ2v) is 4.91. The van der Waals surface area contributed by atoms with Crippen LogP contribution in [0.15, 0.2) is 30.3 Å². The fourth-order valence-electron chi connectivity index (χ4n) is 3.06. The van der Waals surface area contributed by atoms with Crippen LogP contribution >= 0.6 is 0 Å². The average Bonchev–Trinajstić information content (AvgIpc) is 2.75. The van der Waals surface area contributed by atoms with Gasteiger partial charge in [0.05, 0.1) is 0 Å². The topological polar surface area (TPSA) is 29.3 Å². The number of piperidine rings is 1. The molecule has 0 bridgehead atoms. The Morgan fingerprint density at radius 2 is 1.80 bits per heavy atom. The van der Waals surface area contributed by atoms with Crippen LogP contribution in [-0.2, 0) is 6.54 Å². The van der Waals surface area contributed by atoms with Gasteiger partial charge in [0.15, 0.2) is 0 Å². The number of nitrogens with zero attached hydrogens (tertiary/aromatic N) is 1. The molecule has 1 heterocycles. The van der Waals surface area contributed by atoms with Crippen molar-refractivity contribution in [2.75, 3.05) is 19.6 Å². The van der Waals surface area contributed by atoms with Crippen LogP contribution < -0.4 is 5.73 Å². The molecule has 1 aliphatic heterocycles. The van der Waals surface area contributed by atoms with E-state index in [0.717, 1.165) is 30.8 Å². The van der Waals surface area contributed by atoms with Crippen LogP contribution in [0.2, 0.25) is 0 Å². The van der Waals surface area contributed by atoms with Gasteiger partial charge in [0.2, 0.25) is 0 Å². The molecule has 2 N–H and O–H groups in total. The van der Waals surface area contributed by atoms with Gasteiger partial charge in [0.1, 0.15) is 0 Å². The van der Waals surface area contributed by atoms with Crippen molar-refractivity contribution in [2.24, 2.45) is 23.5 Å². The van der Waals surface area contributed by atoms with E-state index in [1.54, 1.807) is 0 Å². The Balaban J connectivity index is 1.56. The third-order valence-corrected chi connectivity index (χ3v) is 3.97. The third-order valence-electron chi connectivity index (χ3n) is 3.97. The van der Waals surface area contributed by atoms with Crippen LogP contribution in [0.25, 0.3) is 0 Å². The van der Waals surface area contributed by atoms with Crippen molar-refractivity contribution in [3.8, 4) is 0 Å². The summed E-state index contributed by atoms with van der Waals surface area (Å²) in [4.78, 5) is 2.57. The van der Waals surface area contributed by atoms with Crippen molar-refractivity contribution in [1.82, 2.24) is 4.90 Å². The predicted octanol–water partition coefficient (Wildman–Crippen LogP) is 1.32. The van der Waals surface area contributed by atoms with Gasteiger partial charge in [-0.3, -0.25) is 4.90 Å². The summed E-state index contributed by atoms with van der Waals surface area (Å²) in [6, 6.07) is 10.7. The molecule has 2 fully saturated rings. The summed E-state index contributed by atoms with van der Waals surface area (Å²) < 4.78 is 0. The number of rotatable bonds is 3. The molecule has 1 saturated carbocycles. The minimum Gasteiger partial charge on any atom is -0.330 e. The molecule has 0 spiro atoms. The zero-order valence-corrected chi connectivity index (χ0v) is 8.97. The molecule has 0 radical (unpaired) electrons. The Bertz CT molecular complexity index is 324. The SMILES string of the molecule is NCC1C2CN(Cc3ccccc3)C[C@@H]12. The lowest BCUT2D eigenvalue weighted by molar-refractivity contribution is 0.279. The van der Waals surface area contributed by atoms with Gasteiger partial charge in [-0.15, -0.1) is 0 Å². The van der Waals surface area contributed by atoms with E-state index >= 15 is 0 Å². The first-order chi connectivity index (χ1) is 7.38. The normalized spacial score (nSPS) is 34.1. The summed E-state index contributed by atoms with van der Waals surface area (Å²) in [5.74, 6) is 2.68. The van der Waals surface area contributed by atoms with Gasteiger partial charge >= 0.3 is 0 Å². The molecule has 2 nitrogen and oxygen atoms in total. The first-order valence-corrected chi connectivity index (χ1v) is 5.85. The lowest BCUT2D eigenvalue weighted by Crippen LogP contribution is -2.25. The van der Waals surface area contributed by atoms with E-state index in [1.165, 1.54) is 18.7 Å². The summed E-state index contributed by atoms with van der Waals surface area (Å²) in [7, 11) is 0. The quantitative estimate of drug-likeness (QED) is 0.801. The first-order valence-electron chi connectivity index (χ1n) is 5.85. The van der Waals surface area contributed by atoms with Gasteiger partial charge < -0.3 is 5.73 Å². The lowest BCUT2D eigenvalue weighted by Gasteiger charge is -2.18. The molecule has 1 aromatic carbocycles. The molecule has 0 amide bonds. The molecule has 2 aliphatic rings. The van der Waals surface area contributed by atoms with Crippen LogP contribution in [0.5, 0.6) is 0 Å². The van der Waals surface area contributed by atoms with Gasteiger partial charge in [-0.1, -0.05) is 30.3 Å². The zero-order chi connectivity index (χ0) is 10.3. The maximum atomic E-state index is 5.70. The Kier molecular flexibility index (Phi) is 2.26. The van der Waals surface area contributed by atoms with Gasteiger partial charge in [0.25, 0.3) is 0 Å². The molecular formula is C13H18N2. The molecule has 2 unspecified atom stereocenters. The Hall–Kier alpha value is -0.860. The van der Waals surface area contributed by atoms with Crippen molar-refractivity contribution in [2.45, 2.75) is 6.54 Å². The predicted molar refractivity (Wildman–Crippen MR) is 61.2 cm³/mol. The van der Waals surface area contributed by atoms with Crippen LogP contribution in [0.3, 0.4) is 0 Å². The van der Waals surface area contributed by atoms with Crippen LogP contribution in [0.4, 0.5) is 0 Å². The van der Waals surface area contributed by atoms with E-state index in [4.69, 9.17) is 5.73 Å². The number of hydrogen-bond donors (Lipinski definition) is 1. The van der Waals surface area contributed by atoms with E-state index in [0.29, 0.717) is 0 Å². The van der Waals surface area contributed by atoms with E-state index in [9.17, 15) is 0 Å². The van der Waals surface area contributed by atoms with Crippen molar-refractivity contribution in [3.63, 3.8) is 0 Å². The first kappa shape index (κ1) is 9.37. The van der Waals surface area contributed by atoms with Gasteiger partial charge in [0, 0.05) is 19.6 Å². The number of likely N-dealkylation sites (tertiary alicyclic amines) is 1. The molecule has 2 heteroatoms. The van der Waals surface area contributed by atoms with E-state index in [1.807, 2.05) is 0 Å². The summed E-state index contributed by atoms with van der Waals surface area (Å²) >= 11 is 0. The Labute approximate surface area is 91.1 Å². The lowest BCUT2D eigenvalue weighted by atomic mass is 10.2. The van der Waals surface area contributed by atoms with E-state index < -0.39 is 0 Å². The molecule has 1 aromatic rings. The fraction of sp³-hybridized carbons (Fsp3) is 0.538. The second kappa shape index (κ2) is 3.62. The monoisotopic (exact) mass is 202 g/mol. The number of fused-ring (bicyclic) bond motifs is 1. The van der Waals surface area contributed by atoms with Crippen molar-refractivity contribution in [3.05, 3.63) is 35.9 Å². The molecule has 1 saturated heterocycles. The minimum absolute atomic E-state index is 0.844. The smallest absolute Gasteiger partial charge is 0.0233 e. The number of hydrogen-bond acceptors (Lipinski definition) is 2. The number of benzene rings is 1. The molecule has 15 heavy (non-hydrogen) atoms. The summed E-state index contributed by atoms with van der Waals surface area (Å²) in [5, 5.41) is 0. The van der Waals surface area contributed by atoms with Crippen molar-refractivity contribution < 1.29 is 0 Å². The van der Waals surface area contributed by atoms with Crippen molar-refractivity contribution in [1.29, 1.82) is 0 Å². The average molecular weight is 202 g/mol. The largest absolute Gasteiger partial charge is 0.330 e. The maximum Gasteiger partial charge on any atom is 0.0233 e. The highest BCUT2D eigenvalue weighted by molar-refractivity contribution is 5.16. The summed E-state index contributed by atoms with van der Waals surface area (Å²) in [6.45, 7) is 4.54. The Morgan fingerprint density at radius 1 is 1.13 bits per heavy atom. The minimum atomic E-state index is 0.844. The highest BCUT2D eigenvalue weighted by atomic mass is 15.2. The molecule has 3 atom stereocenters. The number of nitrogens with two attached hydrogens (primary N) is 1. The highest BCUT2D eigenvalue weighted by Crippen LogP contribution is 2.51. The van der Waals surface area contributed by atoms with Crippen molar-refractivity contribution >= 4 is 0 Å². The molecule has 80 valence electrons. The molecule has 0 aromatic heterocycles. The molecular weight excluding hydrogens is 184 g/mol. The van der Waals surface area contributed by atoms with Crippen LogP contribution in [0.1, 0.15) is 5.56 Å². The second-order valence-electron chi connectivity index (χ2n) is 4.91. The standard InChI is InChI=1S/C13H18N2/c14-6-11-12-8-15(9-13(11)12)7-10-4-2-1-3-5-10/h1-5,11-13H,6-9,14H2/t11?,12-,13?/m0/s1. The van der Waals surface area contributed by atoms with Crippen LogP contribution in [-0.4, -0.2) is 24.5 Å². The van der Waals surface area contributed by atoms with Gasteiger partial charge in [-0.05, 0) is 29.9 Å². The summed E-state index contributed by atoms with van der Waals surface area (Å²) in [5.41, 5.74) is 7.14. The van der Waals surface area contributed by atoms with Crippen LogP contribution in [0, 0.1) is 17.8 Å². The van der Waals surface area contributed by atoms with Gasteiger partial charge in [-0.2, -0.15) is 0 Å². The third kappa shape index (κ3) is 1.68. The Morgan fingerprint density at radius 3 is 2.40 bits per heavy atom. The molecule has 1 aliphatic carbocycles. The fourth-order valence-corrected chi connectivity index (χ4v) is 3.06. The van der Waals surface area contributed by atoms with E-state index in [-0.39, 0.29) is 0 Å². The molecule has 3 rings (SSSR count). The zero-order valence-electron chi connectivity index (χ0n) is 8.97.